The first kappa shape index (κ1) is 15.6. The van der Waals surface area contributed by atoms with E-state index in [4.69, 9.17) is 4.98 Å². The first-order valence-electron chi connectivity index (χ1n) is 8.59. The summed E-state index contributed by atoms with van der Waals surface area (Å²) in [5.74, 6) is 1.16. The van der Waals surface area contributed by atoms with Crippen LogP contribution in [0.25, 0.3) is 10.2 Å². The van der Waals surface area contributed by atoms with Gasteiger partial charge in [-0.15, -0.1) is 0 Å². The van der Waals surface area contributed by atoms with Gasteiger partial charge in [-0.3, -0.25) is 4.90 Å². The summed E-state index contributed by atoms with van der Waals surface area (Å²) in [4.78, 5) is 14.3. The number of para-hydroxylation sites is 1. The summed E-state index contributed by atoms with van der Waals surface area (Å²) in [6.45, 7) is 9.47. The Hall–Kier alpha value is -1.92. The van der Waals surface area contributed by atoms with E-state index >= 15 is 0 Å². The van der Waals surface area contributed by atoms with Crippen molar-refractivity contribution in [3.05, 3.63) is 42.5 Å². The second kappa shape index (κ2) is 6.53. The van der Waals surface area contributed by atoms with Crippen LogP contribution in [-0.4, -0.2) is 45.1 Å². The summed E-state index contributed by atoms with van der Waals surface area (Å²) in [7, 11) is 0. The van der Waals surface area contributed by atoms with E-state index in [1.54, 1.807) is 11.3 Å². The lowest BCUT2D eigenvalue weighted by molar-refractivity contribution is 0.174. The highest BCUT2D eigenvalue weighted by atomic mass is 32.1. The van der Waals surface area contributed by atoms with Crippen LogP contribution >= 0.6 is 11.3 Å². The van der Waals surface area contributed by atoms with Crippen molar-refractivity contribution >= 4 is 26.7 Å². The zero-order chi connectivity index (χ0) is 16.5. The maximum absolute atomic E-state index is 4.81. The molecule has 24 heavy (non-hydrogen) atoms. The minimum Gasteiger partial charge on any atom is -0.345 e. The van der Waals surface area contributed by atoms with E-state index in [1.807, 2.05) is 6.20 Å². The monoisotopic (exact) mass is 341 g/mol. The molecule has 3 aromatic rings. The highest BCUT2D eigenvalue weighted by Gasteiger charge is 2.26. The summed E-state index contributed by atoms with van der Waals surface area (Å²) in [5.41, 5.74) is 1.11. The summed E-state index contributed by atoms with van der Waals surface area (Å²) in [6.07, 6.45) is 3.97. The topological polar surface area (TPSA) is 37.2 Å². The Bertz CT molecular complexity index is 791. The number of imidazole rings is 1. The maximum atomic E-state index is 4.81. The van der Waals surface area contributed by atoms with Crippen molar-refractivity contribution in [1.29, 1.82) is 0 Å². The first-order chi connectivity index (χ1) is 11.7. The lowest BCUT2D eigenvalue weighted by Gasteiger charge is -2.39. The number of piperazine rings is 1. The number of hydrogen-bond acceptors (Lipinski definition) is 5. The average Bonchev–Trinajstić information content (AvgIpc) is 3.22. The van der Waals surface area contributed by atoms with Crippen LogP contribution in [0.2, 0.25) is 0 Å². The van der Waals surface area contributed by atoms with Gasteiger partial charge >= 0.3 is 0 Å². The van der Waals surface area contributed by atoms with E-state index in [0.29, 0.717) is 6.04 Å². The van der Waals surface area contributed by atoms with E-state index < -0.39 is 0 Å². The van der Waals surface area contributed by atoms with Crippen molar-refractivity contribution in [2.45, 2.75) is 33.0 Å². The van der Waals surface area contributed by atoms with Gasteiger partial charge in [0.2, 0.25) is 0 Å². The van der Waals surface area contributed by atoms with Gasteiger partial charge in [-0.1, -0.05) is 23.5 Å². The van der Waals surface area contributed by atoms with Gasteiger partial charge in [0.05, 0.1) is 16.8 Å². The molecule has 0 amide bonds. The van der Waals surface area contributed by atoms with E-state index in [9.17, 15) is 0 Å². The molecule has 1 atom stereocenters. The Kier molecular flexibility index (Phi) is 4.24. The third-order valence-corrected chi connectivity index (χ3v) is 5.90. The number of anilines is 1. The van der Waals surface area contributed by atoms with E-state index in [-0.39, 0.29) is 0 Å². The Labute approximate surface area is 146 Å². The maximum Gasteiger partial charge on any atom is 0.186 e. The molecule has 0 aliphatic carbocycles. The third-order valence-electron chi connectivity index (χ3n) is 4.81. The van der Waals surface area contributed by atoms with Gasteiger partial charge in [0.1, 0.15) is 5.82 Å². The van der Waals surface area contributed by atoms with E-state index in [1.165, 1.54) is 4.70 Å². The second-order valence-electron chi connectivity index (χ2n) is 6.36. The van der Waals surface area contributed by atoms with Crippen LogP contribution < -0.4 is 4.90 Å². The Balaban J connectivity index is 1.46. The van der Waals surface area contributed by atoms with Gasteiger partial charge in [-0.05, 0) is 26.0 Å². The zero-order valence-corrected chi connectivity index (χ0v) is 15.0. The molecule has 1 aromatic carbocycles. The molecule has 126 valence electrons. The summed E-state index contributed by atoms with van der Waals surface area (Å²) in [6, 6.07) is 8.89. The van der Waals surface area contributed by atoms with Crippen molar-refractivity contribution in [3.8, 4) is 0 Å². The lowest BCUT2D eigenvalue weighted by Crippen LogP contribution is -2.51. The van der Waals surface area contributed by atoms with Crippen LogP contribution in [0.1, 0.15) is 19.7 Å². The fourth-order valence-electron chi connectivity index (χ4n) is 3.36. The van der Waals surface area contributed by atoms with Gasteiger partial charge in [0, 0.05) is 44.6 Å². The van der Waals surface area contributed by atoms with Crippen LogP contribution in [0.4, 0.5) is 5.13 Å². The summed E-state index contributed by atoms with van der Waals surface area (Å²) in [5, 5.41) is 1.15. The van der Waals surface area contributed by atoms with Gasteiger partial charge in [0.15, 0.2) is 5.13 Å². The lowest BCUT2D eigenvalue weighted by atomic mass is 10.2. The molecule has 1 saturated heterocycles. The number of thiazole rings is 1. The van der Waals surface area contributed by atoms with Gasteiger partial charge in [-0.25, -0.2) is 9.97 Å². The number of fused-ring (bicyclic) bond motifs is 1. The Morgan fingerprint density at radius 2 is 2.12 bits per heavy atom. The Morgan fingerprint density at radius 3 is 2.92 bits per heavy atom. The molecule has 6 heteroatoms. The minimum atomic E-state index is 0.493. The van der Waals surface area contributed by atoms with E-state index in [2.05, 4.69) is 63.7 Å². The molecule has 5 nitrogen and oxygen atoms in total. The molecule has 0 saturated carbocycles. The fraction of sp³-hybridized carbons (Fsp3) is 0.444. The molecule has 3 heterocycles. The zero-order valence-electron chi connectivity index (χ0n) is 14.2. The van der Waals surface area contributed by atoms with E-state index in [0.717, 1.165) is 49.2 Å². The molecular formula is C18H23N5S. The SMILES string of the molecule is CCn1ccnc1CN1CCN(c2nc3ccccc3s2)C[C@H]1C. The molecule has 1 fully saturated rings. The molecular weight excluding hydrogens is 318 g/mol. The first-order valence-corrected chi connectivity index (χ1v) is 9.41. The predicted octanol–water partition coefficient (Wildman–Crippen LogP) is 3.22. The fourth-order valence-corrected chi connectivity index (χ4v) is 4.36. The second-order valence-corrected chi connectivity index (χ2v) is 7.37. The van der Waals surface area contributed by atoms with Crippen molar-refractivity contribution in [2.75, 3.05) is 24.5 Å². The summed E-state index contributed by atoms with van der Waals surface area (Å²) < 4.78 is 3.50. The molecule has 2 aromatic heterocycles. The molecule has 1 aliphatic rings. The van der Waals surface area contributed by atoms with Crippen molar-refractivity contribution in [3.63, 3.8) is 0 Å². The molecule has 1 aliphatic heterocycles. The van der Waals surface area contributed by atoms with Crippen molar-refractivity contribution in [2.24, 2.45) is 0 Å². The van der Waals surface area contributed by atoms with Crippen LogP contribution in [-0.2, 0) is 13.1 Å². The van der Waals surface area contributed by atoms with Crippen LogP contribution in [0.3, 0.4) is 0 Å². The number of aryl methyl sites for hydroxylation is 1. The number of nitrogens with zero attached hydrogens (tertiary/aromatic N) is 5. The number of aromatic nitrogens is 3. The number of hydrogen-bond donors (Lipinski definition) is 0. The minimum absolute atomic E-state index is 0.493. The average molecular weight is 341 g/mol. The van der Waals surface area contributed by atoms with Gasteiger partial charge in [0.25, 0.3) is 0 Å². The predicted molar refractivity (Wildman–Crippen MR) is 99.6 cm³/mol. The summed E-state index contributed by atoms with van der Waals surface area (Å²) >= 11 is 1.80. The molecule has 0 N–H and O–H groups in total. The van der Waals surface area contributed by atoms with Gasteiger partial charge < -0.3 is 9.47 Å². The Morgan fingerprint density at radius 1 is 1.25 bits per heavy atom. The largest absolute Gasteiger partial charge is 0.345 e. The smallest absolute Gasteiger partial charge is 0.186 e. The van der Waals surface area contributed by atoms with Gasteiger partial charge in [-0.2, -0.15) is 0 Å². The number of benzene rings is 1. The normalized spacial score (nSPS) is 19.2. The quantitative estimate of drug-likeness (QED) is 0.730. The number of rotatable bonds is 4. The molecule has 0 unspecified atom stereocenters. The molecule has 0 spiro atoms. The van der Waals surface area contributed by atoms with Crippen LogP contribution in [0.15, 0.2) is 36.7 Å². The standard InChI is InChI=1S/C18H23N5S/c1-3-21-9-8-19-17(21)13-22-10-11-23(12-14(22)2)18-20-15-6-4-5-7-16(15)24-18/h4-9,14H,3,10-13H2,1-2H3/t14-/m1/s1. The molecule has 0 bridgehead atoms. The molecule has 4 rings (SSSR count). The van der Waals surface area contributed by atoms with Crippen molar-refractivity contribution in [1.82, 2.24) is 19.4 Å². The third kappa shape index (κ3) is 2.91. The highest BCUT2D eigenvalue weighted by Crippen LogP contribution is 2.30. The molecule has 0 radical (unpaired) electrons. The van der Waals surface area contributed by atoms with Crippen LogP contribution in [0.5, 0.6) is 0 Å². The van der Waals surface area contributed by atoms with Crippen LogP contribution in [0, 0.1) is 0 Å². The highest BCUT2D eigenvalue weighted by molar-refractivity contribution is 7.22. The van der Waals surface area contributed by atoms with Crippen molar-refractivity contribution < 1.29 is 0 Å².